The molecule has 0 fully saturated rings. The van der Waals surface area contributed by atoms with Crippen molar-refractivity contribution in [1.82, 2.24) is 5.32 Å². The van der Waals surface area contributed by atoms with Crippen LogP contribution in [0.5, 0.6) is 5.75 Å². The summed E-state index contributed by atoms with van der Waals surface area (Å²) in [6, 6.07) is 6.90. The van der Waals surface area contributed by atoms with Gasteiger partial charge in [-0.25, -0.2) is 4.79 Å². The fourth-order valence-electron chi connectivity index (χ4n) is 1.93. The van der Waals surface area contributed by atoms with Crippen molar-refractivity contribution >= 4 is 11.7 Å². The molecule has 5 nitrogen and oxygen atoms in total. The SMILES string of the molecule is C=CCOc1cccc(NC(=O)NCC(C)CC(C)O)c1. The summed E-state index contributed by atoms with van der Waals surface area (Å²) in [4.78, 5) is 11.8. The molecule has 0 aromatic heterocycles. The molecule has 0 spiro atoms. The lowest BCUT2D eigenvalue weighted by molar-refractivity contribution is 0.163. The smallest absolute Gasteiger partial charge is 0.319 e. The van der Waals surface area contributed by atoms with Crippen LogP contribution < -0.4 is 15.4 Å². The van der Waals surface area contributed by atoms with E-state index in [2.05, 4.69) is 17.2 Å². The van der Waals surface area contributed by atoms with Gasteiger partial charge in [0.25, 0.3) is 0 Å². The molecule has 0 bridgehead atoms. The van der Waals surface area contributed by atoms with Crippen molar-refractivity contribution in [2.24, 2.45) is 5.92 Å². The number of urea groups is 1. The number of carbonyl (C=O) groups excluding carboxylic acids is 1. The molecule has 2 amide bonds. The first kappa shape index (κ1) is 17.0. The van der Waals surface area contributed by atoms with E-state index in [1.54, 1.807) is 25.1 Å². The average Bonchev–Trinajstić information content (AvgIpc) is 2.42. The van der Waals surface area contributed by atoms with Crippen LogP contribution in [0.25, 0.3) is 0 Å². The van der Waals surface area contributed by atoms with Crippen LogP contribution in [0.2, 0.25) is 0 Å². The van der Waals surface area contributed by atoms with E-state index in [1.165, 1.54) is 0 Å². The first-order chi connectivity index (χ1) is 10.0. The number of aliphatic hydroxyl groups is 1. The van der Waals surface area contributed by atoms with Gasteiger partial charge in [0.1, 0.15) is 12.4 Å². The van der Waals surface area contributed by atoms with Crippen molar-refractivity contribution in [3.63, 3.8) is 0 Å². The fraction of sp³-hybridized carbons (Fsp3) is 0.438. The highest BCUT2D eigenvalue weighted by atomic mass is 16.5. The molecule has 0 aliphatic carbocycles. The summed E-state index contributed by atoms with van der Waals surface area (Å²) in [5.41, 5.74) is 0.664. The van der Waals surface area contributed by atoms with Crippen LogP contribution in [0.15, 0.2) is 36.9 Å². The van der Waals surface area contributed by atoms with Crippen LogP contribution >= 0.6 is 0 Å². The van der Waals surface area contributed by atoms with Crippen molar-refractivity contribution < 1.29 is 14.6 Å². The Labute approximate surface area is 126 Å². The molecule has 1 aromatic rings. The number of rotatable bonds is 8. The van der Waals surface area contributed by atoms with Crippen molar-refractivity contribution in [2.75, 3.05) is 18.5 Å². The number of nitrogens with one attached hydrogen (secondary N) is 2. The number of aliphatic hydroxyl groups excluding tert-OH is 1. The van der Waals surface area contributed by atoms with Crippen molar-refractivity contribution in [3.8, 4) is 5.75 Å². The van der Waals surface area contributed by atoms with E-state index < -0.39 is 0 Å². The lowest BCUT2D eigenvalue weighted by Crippen LogP contribution is -2.33. The number of amides is 2. The van der Waals surface area contributed by atoms with Gasteiger partial charge in [-0.1, -0.05) is 25.6 Å². The highest BCUT2D eigenvalue weighted by molar-refractivity contribution is 5.89. The third-order valence-corrected chi connectivity index (χ3v) is 2.81. The lowest BCUT2D eigenvalue weighted by Gasteiger charge is -2.15. The van der Waals surface area contributed by atoms with E-state index in [1.807, 2.05) is 19.1 Å². The number of anilines is 1. The highest BCUT2D eigenvalue weighted by Crippen LogP contribution is 2.17. The van der Waals surface area contributed by atoms with Crippen LogP contribution in [-0.4, -0.2) is 30.4 Å². The number of hydrogen-bond acceptors (Lipinski definition) is 3. The Morgan fingerprint density at radius 3 is 2.90 bits per heavy atom. The van der Waals surface area contributed by atoms with Gasteiger partial charge in [0.05, 0.1) is 6.10 Å². The van der Waals surface area contributed by atoms with E-state index in [0.717, 1.165) is 0 Å². The summed E-state index contributed by atoms with van der Waals surface area (Å²) in [5.74, 6) is 0.896. The zero-order valence-corrected chi connectivity index (χ0v) is 12.6. The molecule has 2 unspecified atom stereocenters. The van der Waals surface area contributed by atoms with E-state index in [0.29, 0.717) is 31.0 Å². The molecule has 0 aliphatic rings. The first-order valence-electron chi connectivity index (χ1n) is 7.08. The third kappa shape index (κ3) is 7.37. The maximum absolute atomic E-state index is 11.8. The van der Waals surface area contributed by atoms with Gasteiger partial charge in [-0.3, -0.25) is 0 Å². The molecule has 3 N–H and O–H groups in total. The molecule has 0 aliphatic heterocycles. The standard InChI is InChI=1S/C16H24N2O3/c1-4-8-21-15-7-5-6-14(10-15)18-16(20)17-11-12(2)9-13(3)19/h4-7,10,12-13,19H,1,8-9,11H2,2-3H3,(H2,17,18,20). The van der Waals surface area contributed by atoms with Crippen molar-refractivity contribution in [3.05, 3.63) is 36.9 Å². The minimum absolute atomic E-state index is 0.220. The molecular weight excluding hydrogens is 268 g/mol. The second kappa shape index (κ2) is 9.02. The maximum atomic E-state index is 11.8. The first-order valence-corrected chi connectivity index (χ1v) is 7.08. The van der Waals surface area contributed by atoms with E-state index in [4.69, 9.17) is 4.74 Å². The Balaban J connectivity index is 2.41. The van der Waals surface area contributed by atoms with Crippen molar-refractivity contribution in [2.45, 2.75) is 26.4 Å². The molecule has 0 heterocycles. The average molecular weight is 292 g/mol. The molecule has 0 saturated heterocycles. The topological polar surface area (TPSA) is 70.6 Å². The summed E-state index contributed by atoms with van der Waals surface area (Å²) < 4.78 is 5.40. The Morgan fingerprint density at radius 1 is 1.48 bits per heavy atom. The summed E-state index contributed by atoms with van der Waals surface area (Å²) >= 11 is 0. The van der Waals surface area contributed by atoms with Gasteiger partial charge in [-0.2, -0.15) is 0 Å². The van der Waals surface area contributed by atoms with Crippen LogP contribution in [0, 0.1) is 5.92 Å². The zero-order chi connectivity index (χ0) is 15.7. The minimum atomic E-state index is -0.358. The Hall–Kier alpha value is -2.01. The quantitative estimate of drug-likeness (QED) is 0.645. The Morgan fingerprint density at radius 2 is 2.24 bits per heavy atom. The monoisotopic (exact) mass is 292 g/mol. The molecule has 21 heavy (non-hydrogen) atoms. The van der Waals surface area contributed by atoms with Gasteiger partial charge in [-0.15, -0.1) is 0 Å². The predicted octanol–water partition coefficient (Wildman–Crippen LogP) is 2.78. The maximum Gasteiger partial charge on any atom is 0.319 e. The van der Waals surface area contributed by atoms with Crippen molar-refractivity contribution in [1.29, 1.82) is 0 Å². The summed E-state index contributed by atoms with van der Waals surface area (Å²) in [6.07, 6.45) is 1.96. The van der Waals surface area contributed by atoms with E-state index >= 15 is 0 Å². The highest BCUT2D eigenvalue weighted by Gasteiger charge is 2.08. The van der Waals surface area contributed by atoms with Crippen LogP contribution in [0.1, 0.15) is 20.3 Å². The molecular formula is C16H24N2O3. The molecule has 5 heteroatoms. The Bertz CT molecular complexity index is 461. The number of ether oxygens (including phenoxy) is 1. The molecule has 0 saturated carbocycles. The van der Waals surface area contributed by atoms with Gasteiger partial charge in [0.2, 0.25) is 0 Å². The molecule has 2 atom stereocenters. The fourth-order valence-corrected chi connectivity index (χ4v) is 1.93. The summed E-state index contributed by atoms with van der Waals surface area (Å²) in [6.45, 7) is 8.25. The van der Waals surface area contributed by atoms with Crippen LogP contribution in [-0.2, 0) is 0 Å². The van der Waals surface area contributed by atoms with E-state index in [9.17, 15) is 9.90 Å². The molecule has 1 rings (SSSR count). The Kier molecular flexibility index (Phi) is 7.32. The lowest BCUT2D eigenvalue weighted by atomic mass is 10.1. The zero-order valence-electron chi connectivity index (χ0n) is 12.6. The second-order valence-corrected chi connectivity index (χ2v) is 5.15. The summed E-state index contributed by atoms with van der Waals surface area (Å²) in [5, 5.41) is 14.8. The number of hydrogen-bond donors (Lipinski definition) is 3. The van der Waals surface area contributed by atoms with Gasteiger partial charge >= 0.3 is 6.03 Å². The van der Waals surface area contributed by atoms with Crippen LogP contribution in [0.4, 0.5) is 10.5 Å². The normalized spacial score (nSPS) is 13.1. The number of carbonyl (C=O) groups is 1. The second-order valence-electron chi connectivity index (χ2n) is 5.15. The third-order valence-electron chi connectivity index (χ3n) is 2.81. The number of benzene rings is 1. The predicted molar refractivity (Wildman–Crippen MR) is 84.6 cm³/mol. The van der Waals surface area contributed by atoms with Gasteiger partial charge in [0.15, 0.2) is 0 Å². The molecule has 1 aromatic carbocycles. The summed E-state index contributed by atoms with van der Waals surface area (Å²) in [7, 11) is 0. The molecule has 0 radical (unpaired) electrons. The largest absolute Gasteiger partial charge is 0.489 e. The van der Waals surface area contributed by atoms with Crippen LogP contribution in [0.3, 0.4) is 0 Å². The van der Waals surface area contributed by atoms with Gasteiger partial charge in [0, 0.05) is 18.3 Å². The van der Waals surface area contributed by atoms with Gasteiger partial charge < -0.3 is 20.5 Å². The van der Waals surface area contributed by atoms with Gasteiger partial charge in [-0.05, 0) is 31.4 Å². The minimum Gasteiger partial charge on any atom is -0.489 e. The molecule has 116 valence electrons. The van der Waals surface area contributed by atoms with E-state index in [-0.39, 0.29) is 18.1 Å².